The Morgan fingerprint density at radius 3 is 2.95 bits per heavy atom. The van der Waals surface area contributed by atoms with Crippen LogP contribution < -0.4 is 14.8 Å². The van der Waals surface area contributed by atoms with E-state index in [1.807, 2.05) is 19.1 Å². The Morgan fingerprint density at radius 1 is 1.42 bits per heavy atom. The number of aliphatic hydroxyl groups is 1. The molecular weight excluding hydrogens is 266 g/mol. The van der Waals surface area contributed by atoms with Gasteiger partial charge in [0.2, 0.25) is 6.79 Å². The van der Waals surface area contributed by atoms with E-state index < -0.39 is 5.60 Å². The molecule has 0 bridgehead atoms. The molecule has 106 valence electrons. The van der Waals surface area contributed by atoms with Gasteiger partial charge in [0, 0.05) is 13.1 Å². The molecule has 1 aromatic carbocycles. The third-order valence-corrected chi connectivity index (χ3v) is 3.39. The van der Waals surface area contributed by atoms with E-state index in [2.05, 4.69) is 12.2 Å². The van der Waals surface area contributed by atoms with Gasteiger partial charge in [-0.15, -0.1) is 0 Å². The van der Waals surface area contributed by atoms with E-state index in [0.717, 1.165) is 18.4 Å². The van der Waals surface area contributed by atoms with Crippen LogP contribution in [0.3, 0.4) is 0 Å². The van der Waals surface area contributed by atoms with E-state index in [-0.39, 0.29) is 6.79 Å². The van der Waals surface area contributed by atoms with Crippen LogP contribution in [0.25, 0.3) is 0 Å². The van der Waals surface area contributed by atoms with E-state index in [4.69, 9.17) is 21.1 Å². The smallest absolute Gasteiger partial charge is 0.231 e. The molecule has 0 saturated heterocycles. The summed E-state index contributed by atoms with van der Waals surface area (Å²) in [7, 11) is 0. The molecule has 0 fully saturated rings. The molecule has 0 radical (unpaired) electrons. The largest absolute Gasteiger partial charge is 0.454 e. The van der Waals surface area contributed by atoms with Gasteiger partial charge in [-0.1, -0.05) is 24.9 Å². The van der Waals surface area contributed by atoms with Gasteiger partial charge in [0.05, 0.1) is 10.6 Å². The summed E-state index contributed by atoms with van der Waals surface area (Å²) in [5.74, 6) is 1.30. The lowest BCUT2D eigenvalue weighted by molar-refractivity contribution is 0.0498. The molecule has 2 N–H and O–H groups in total. The maximum Gasteiger partial charge on any atom is 0.231 e. The summed E-state index contributed by atoms with van der Waals surface area (Å²) >= 11 is 6.11. The fraction of sp³-hybridized carbons (Fsp3) is 0.571. The average Bonchev–Trinajstić information content (AvgIpc) is 2.77. The Kier molecular flexibility index (Phi) is 4.55. The highest BCUT2D eigenvalue weighted by Crippen LogP contribution is 2.39. The lowest BCUT2D eigenvalue weighted by atomic mass is 10.0. The van der Waals surface area contributed by atoms with Crippen LogP contribution in [0.5, 0.6) is 11.5 Å². The van der Waals surface area contributed by atoms with Gasteiger partial charge in [-0.3, -0.25) is 0 Å². The summed E-state index contributed by atoms with van der Waals surface area (Å²) in [6.45, 7) is 5.31. The van der Waals surface area contributed by atoms with Crippen molar-refractivity contribution in [3.05, 3.63) is 22.7 Å². The Labute approximate surface area is 118 Å². The van der Waals surface area contributed by atoms with Crippen molar-refractivity contribution >= 4 is 11.6 Å². The lowest BCUT2D eigenvalue weighted by Crippen LogP contribution is -2.37. The van der Waals surface area contributed by atoms with Gasteiger partial charge < -0.3 is 19.9 Å². The Balaban J connectivity index is 1.92. The minimum atomic E-state index is -0.672. The third kappa shape index (κ3) is 3.75. The molecule has 1 aliphatic heterocycles. The second kappa shape index (κ2) is 5.99. The number of benzene rings is 1. The van der Waals surface area contributed by atoms with Crippen LogP contribution in [-0.4, -0.2) is 24.0 Å². The molecule has 5 heteroatoms. The number of hydrogen-bond acceptors (Lipinski definition) is 4. The molecule has 1 aromatic rings. The monoisotopic (exact) mass is 285 g/mol. The minimum absolute atomic E-state index is 0.219. The average molecular weight is 286 g/mol. The third-order valence-electron chi connectivity index (χ3n) is 3.11. The van der Waals surface area contributed by atoms with Crippen LogP contribution in [0.2, 0.25) is 5.02 Å². The Hall–Kier alpha value is -0.970. The van der Waals surface area contributed by atoms with Crippen molar-refractivity contribution < 1.29 is 14.6 Å². The lowest BCUT2D eigenvalue weighted by Gasteiger charge is -2.23. The predicted octanol–water partition coefficient (Wildman–Crippen LogP) is 2.71. The topological polar surface area (TPSA) is 50.7 Å². The standard InChI is InChI=1S/C14H20ClNO3/c1-3-4-14(2,17)8-16-7-10-5-11(15)13-12(6-10)18-9-19-13/h5-6,16-17H,3-4,7-9H2,1-2H3. The van der Waals surface area contributed by atoms with E-state index in [0.29, 0.717) is 29.6 Å². The molecule has 0 spiro atoms. The van der Waals surface area contributed by atoms with E-state index in [9.17, 15) is 5.11 Å². The maximum atomic E-state index is 10.1. The van der Waals surface area contributed by atoms with Gasteiger partial charge in [-0.2, -0.15) is 0 Å². The maximum absolute atomic E-state index is 10.1. The molecule has 1 atom stereocenters. The van der Waals surface area contributed by atoms with E-state index >= 15 is 0 Å². The summed E-state index contributed by atoms with van der Waals surface area (Å²) in [6.07, 6.45) is 1.74. The Morgan fingerprint density at radius 2 is 2.21 bits per heavy atom. The highest BCUT2D eigenvalue weighted by molar-refractivity contribution is 6.32. The summed E-state index contributed by atoms with van der Waals surface area (Å²) < 4.78 is 10.6. The normalized spacial score (nSPS) is 16.4. The van der Waals surface area contributed by atoms with Crippen molar-refractivity contribution in [3.63, 3.8) is 0 Å². The molecule has 0 saturated carbocycles. The summed E-state index contributed by atoms with van der Waals surface area (Å²) in [5.41, 5.74) is 0.344. The molecule has 0 aliphatic carbocycles. The van der Waals surface area contributed by atoms with Crippen LogP contribution in [0, 0.1) is 0 Å². The molecule has 1 unspecified atom stereocenters. The molecule has 19 heavy (non-hydrogen) atoms. The van der Waals surface area contributed by atoms with Gasteiger partial charge in [0.1, 0.15) is 0 Å². The zero-order valence-corrected chi connectivity index (χ0v) is 12.1. The van der Waals surface area contributed by atoms with Crippen LogP contribution in [0.15, 0.2) is 12.1 Å². The summed E-state index contributed by atoms with van der Waals surface area (Å²) in [4.78, 5) is 0. The first-order chi connectivity index (χ1) is 9.02. The number of ether oxygens (including phenoxy) is 2. The summed E-state index contributed by atoms with van der Waals surface area (Å²) in [5, 5.41) is 13.9. The zero-order valence-electron chi connectivity index (χ0n) is 11.3. The van der Waals surface area contributed by atoms with Crippen molar-refractivity contribution in [3.8, 4) is 11.5 Å². The number of rotatable bonds is 6. The molecule has 0 amide bonds. The first-order valence-corrected chi connectivity index (χ1v) is 6.91. The van der Waals surface area contributed by atoms with Crippen molar-refractivity contribution in [2.75, 3.05) is 13.3 Å². The quantitative estimate of drug-likeness (QED) is 0.844. The second-order valence-electron chi connectivity index (χ2n) is 5.16. The number of nitrogens with one attached hydrogen (secondary N) is 1. The van der Waals surface area contributed by atoms with Crippen LogP contribution in [0.1, 0.15) is 32.3 Å². The van der Waals surface area contributed by atoms with Crippen molar-refractivity contribution in [1.82, 2.24) is 5.32 Å². The van der Waals surface area contributed by atoms with Crippen LogP contribution in [-0.2, 0) is 6.54 Å². The highest BCUT2D eigenvalue weighted by Gasteiger charge is 2.20. The predicted molar refractivity (Wildman–Crippen MR) is 74.8 cm³/mol. The number of halogens is 1. The van der Waals surface area contributed by atoms with Gasteiger partial charge in [0.25, 0.3) is 0 Å². The van der Waals surface area contributed by atoms with Crippen molar-refractivity contribution in [2.24, 2.45) is 0 Å². The Bertz CT molecular complexity index is 449. The molecular formula is C14H20ClNO3. The van der Waals surface area contributed by atoms with Gasteiger partial charge in [-0.05, 0) is 31.0 Å². The molecule has 4 nitrogen and oxygen atoms in total. The van der Waals surface area contributed by atoms with Gasteiger partial charge >= 0.3 is 0 Å². The summed E-state index contributed by atoms with van der Waals surface area (Å²) in [6, 6.07) is 3.77. The van der Waals surface area contributed by atoms with Crippen LogP contribution in [0.4, 0.5) is 0 Å². The number of fused-ring (bicyclic) bond motifs is 1. The van der Waals surface area contributed by atoms with Crippen molar-refractivity contribution in [2.45, 2.75) is 38.8 Å². The highest BCUT2D eigenvalue weighted by atomic mass is 35.5. The fourth-order valence-electron chi connectivity index (χ4n) is 2.23. The van der Waals surface area contributed by atoms with Crippen LogP contribution >= 0.6 is 11.6 Å². The van der Waals surface area contributed by atoms with Crippen molar-refractivity contribution in [1.29, 1.82) is 0 Å². The molecule has 0 aromatic heterocycles. The van der Waals surface area contributed by atoms with Gasteiger partial charge in [-0.25, -0.2) is 0 Å². The van der Waals surface area contributed by atoms with Gasteiger partial charge in [0.15, 0.2) is 11.5 Å². The zero-order chi connectivity index (χ0) is 13.9. The minimum Gasteiger partial charge on any atom is -0.454 e. The SMILES string of the molecule is CCCC(C)(O)CNCc1cc(Cl)c2c(c1)OCO2. The second-order valence-corrected chi connectivity index (χ2v) is 5.57. The fourth-order valence-corrected chi connectivity index (χ4v) is 2.51. The first kappa shape index (κ1) is 14.4. The van der Waals surface area contributed by atoms with E-state index in [1.165, 1.54) is 0 Å². The molecule has 2 rings (SSSR count). The number of hydrogen-bond donors (Lipinski definition) is 2. The molecule has 1 heterocycles. The molecule has 1 aliphatic rings. The van der Waals surface area contributed by atoms with E-state index in [1.54, 1.807) is 0 Å². The first-order valence-electron chi connectivity index (χ1n) is 6.53.